The van der Waals surface area contributed by atoms with Gasteiger partial charge in [-0.1, -0.05) is 0 Å². The van der Waals surface area contributed by atoms with Gasteiger partial charge in [0.2, 0.25) is 0 Å². The Balaban J connectivity index is 1.98. The maximum Gasteiger partial charge on any atom is 0.335 e. The van der Waals surface area contributed by atoms with Gasteiger partial charge in [-0.05, 0) is 19.4 Å². The van der Waals surface area contributed by atoms with Crippen molar-refractivity contribution in [3.8, 4) is 0 Å². The number of hydrogen-bond donors (Lipinski definition) is 2. The normalized spacial score (nSPS) is 26.4. The van der Waals surface area contributed by atoms with E-state index in [0.717, 1.165) is 12.7 Å². The molecule has 0 spiro atoms. The zero-order valence-electron chi connectivity index (χ0n) is 10.1. The van der Waals surface area contributed by atoms with Gasteiger partial charge in [-0.3, -0.25) is 4.79 Å². The molecule has 6 heteroatoms. The molecular formula is C12H16N2O4. The highest BCUT2D eigenvalue weighted by molar-refractivity contribution is 5.94. The van der Waals surface area contributed by atoms with Crippen molar-refractivity contribution in [1.29, 1.82) is 0 Å². The average Bonchev–Trinajstić information content (AvgIpc) is 2.36. The Labute approximate surface area is 104 Å². The van der Waals surface area contributed by atoms with Crippen molar-refractivity contribution < 1.29 is 13.9 Å². The molecule has 0 saturated heterocycles. The first-order valence-electron chi connectivity index (χ1n) is 5.88. The lowest BCUT2D eigenvalue weighted by Crippen LogP contribution is -2.64. The van der Waals surface area contributed by atoms with Gasteiger partial charge in [0.25, 0.3) is 5.91 Å². The fourth-order valence-corrected chi connectivity index (χ4v) is 1.95. The largest absolute Gasteiger partial charge is 0.430 e. The van der Waals surface area contributed by atoms with Crippen LogP contribution in [0.3, 0.4) is 0 Å². The Hall–Kier alpha value is -1.66. The summed E-state index contributed by atoms with van der Waals surface area (Å²) in [4.78, 5) is 22.7. The third-order valence-electron chi connectivity index (χ3n) is 3.01. The molecule has 18 heavy (non-hydrogen) atoms. The Morgan fingerprint density at radius 3 is 2.94 bits per heavy atom. The van der Waals surface area contributed by atoms with E-state index >= 15 is 0 Å². The van der Waals surface area contributed by atoms with Crippen LogP contribution in [-0.2, 0) is 4.74 Å². The van der Waals surface area contributed by atoms with E-state index in [1.54, 1.807) is 0 Å². The lowest BCUT2D eigenvalue weighted by atomic mass is 9.83. The van der Waals surface area contributed by atoms with E-state index in [9.17, 15) is 9.59 Å². The first-order valence-corrected chi connectivity index (χ1v) is 5.88. The minimum atomic E-state index is -0.487. The molecule has 0 aliphatic heterocycles. The molecule has 3 unspecified atom stereocenters. The summed E-state index contributed by atoms with van der Waals surface area (Å²) in [5, 5.41) is 2.79. The molecule has 3 N–H and O–H groups in total. The molecule has 2 rings (SSSR count). The zero-order valence-corrected chi connectivity index (χ0v) is 10.1. The maximum absolute atomic E-state index is 11.9. The average molecular weight is 252 g/mol. The van der Waals surface area contributed by atoms with E-state index < -0.39 is 5.63 Å². The first kappa shape index (κ1) is 12.8. The predicted octanol–water partition coefficient (Wildman–Crippen LogP) is -0.126. The summed E-state index contributed by atoms with van der Waals surface area (Å²) in [6.07, 6.45) is 1.84. The van der Waals surface area contributed by atoms with Crippen LogP contribution in [-0.4, -0.2) is 30.7 Å². The quantitative estimate of drug-likeness (QED) is 0.778. The van der Waals surface area contributed by atoms with Crippen LogP contribution in [0.1, 0.15) is 23.7 Å². The van der Waals surface area contributed by atoms with Gasteiger partial charge in [0.1, 0.15) is 6.26 Å². The highest BCUT2D eigenvalue weighted by Crippen LogP contribution is 2.22. The second-order valence-electron chi connectivity index (χ2n) is 4.24. The standard InChI is InChI=1S/C12H16N2O4/c1-2-17-9-5-8(13)11(9)14-12(16)7-3-4-10(15)18-6-7/h3-4,6,8-9,11H,2,5,13H2,1H3,(H,14,16). The molecule has 1 aromatic rings. The summed E-state index contributed by atoms with van der Waals surface area (Å²) in [6, 6.07) is 2.34. The van der Waals surface area contributed by atoms with Gasteiger partial charge in [-0.2, -0.15) is 0 Å². The van der Waals surface area contributed by atoms with Crippen LogP contribution in [0, 0.1) is 0 Å². The molecule has 98 valence electrons. The van der Waals surface area contributed by atoms with Crippen molar-refractivity contribution in [3.05, 3.63) is 34.4 Å². The van der Waals surface area contributed by atoms with E-state index in [4.69, 9.17) is 10.5 Å². The van der Waals surface area contributed by atoms with E-state index in [1.807, 2.05) is 6.92 Å². The van der Waals surface area contributed by atoms with Crippen LogP contribution in [0.5, 0.6) is 0 Å². The lowest BCUT2D eigenvalue weighted by Gasteiger charge is -2.42. The molecule has 1 amide bonds. The molecule has 3 atom stereocenters. The van der Waals surface area contributed by atoms with Gasteiger partial charge in [0, 0.05) is 18.7 Å². The fourth-order valence-electron chi connectivity index (χ4n) is 1.95. The minimum absolute atomic E-state index is 0.0373. The van der Waals surface area contributed by atoms with Crippen LogP contribution < -0.4 is 16.7 Å². The van der Waals surface area contributed by atoms with Crippen LogP contribution in [0.4, 0.5) is 0 Å². The van der Waals surface area contributed by atoms with Crippen molar-refractivity contribution >= 4 is 5.91 Å². The molecule has 6 nitrogen and oxygen atoms in total. The molecule has 1 heterocycles. The number of carbonyl (C=O) groups excluding carboxylic acids is 1. The molecule has 1 fully saturated rings. The lowest BCUT2D eigenvalue weighted by molar-refractivity contribution is -0.0300. The predicted molar refractivity (Wildman–Crippen MR) is 64.2 cm³/mol. The van der Waals surface area contributed by atoms with E-state index in [1.165, 1.54) is 12.1 Å². The van der Waals surface area contributed by atoms with E-state index in [-0.39, 0.29) is 24.1 Å². The maximum atomic E-state index is 11.9. The van der Waals surface area contributed by atoms with Crippen molar-refractivity contribution in [2.45, 2.75) is 31.5 Å². The van der Waals surface area contributed by atoms with Crippen molar-refractivity contribution in [3.63, 3.8) is 0 Å². The molecule has 1 saturated carbocycles. The Bertz CT molecular complexity index is 463. The molecule has 0 aromatic carbocycles. The number of rotatable bonds is 4. The summed E-state index contributed by atoms with van der Waals surface area (Å²) in [7, 11) is 0. The highest BCUT2D eigenvalue weighted by Gasteiger charge is 2.40. The van der Waals surface area contributed by atoms with Gasteiger partial charge in [0.05, 0.1) is 17.7 Å². The molecule has 1 aromatic heterocycles. The van der Waals surface area contributed by atoms with E-state index in [0.29, 0.717) is 12.2 Å². The third-order valence-corrected chi connectivity index (χ3v) is 3.01. The van der Waals surface area contributed by atoms with Crippen LogP contribution >= 0.6 is 0 Å². The number of nitrogens with two attached hydrogens (primary N) is 1. The monoisotopic (exact) mass is 252 g/mol. The minimum Gasteiger partial charge on any atom is -0.430 e. The SMILES string of the molecule is CCOC1CC(N)C1NC(=O)c1ccc(=O)oc1. The summed E-state index contributed by atoms with van der Waals surface area (Å²) in [6.45, 7) is 2.48. The number of ether oxygens (including phenoxy) is 1. The van der Waals surface area contributed by atoms with Gasteiger partial charge in [-0.25, -0.2) is 4.79 Å². The molecule has 0 bridgehead atoms. The first-order chi connectivity index (χ1) is 8.61. The number of nitrogens with one attached hydrogen (secondary N) is 1. The summed E-state index contributed by atoms with van der Waals surface area (Å²) < 4.78 is 10.1. The fraction of sp³-hybridized carbons (Fsp3) is 0.500. The molecule has 1 aliphatic carbocycles. The van der Waals surface area contributed by atoms with E-state index in [2.05, 4.69) is 9.73 Å². The number of amides is 1. The third kappa shape index (κ3) is 2.60. The molecule has 0 radical (unpaired) electrons. The van der Waals surface area contributed by atoms with Gasteiger partial charge < -0.3 is 20.2 Å². The smallest absolute Gasteiger partial charge is 0.335 e. The molecular weight excluding hydrogens is 236 g/mol. The highest BCUT2D eigenvalue weighted by atomic mass is 16.5. The van der Waals surface area contributed by atoms with Gasteiger partial charge >= 0.3 is 5.63 Å². The molecule has 1 aliphatic rings. The number of hydrogen-bond acceptors (Lipinski definition) is 5. The summed E-state index contributed by atoms with van der Waals surface area (Å²) in [5.41, 5.74) is 5.63. The topological polar surface area (TPSA) is 94.6 Å². The van der Waals surface area contributed by atoms with Crippen LogP contribution in [0.15, 0.2) is 27.6 Å². The Kier molecular flexibility index (Phi) is 3.78. The van der Waals surface area contributed by atoms with Gasteiger partial charge in [-0.15, -0.1) is 0 Å². The van der Waals surface area contributed by atoms with Crippen molar-refractivity contribution in [2.24, 2.45) is 5.73 Å². The summed E-state index contributed by atoms with van der Waals surface area (Å²) >= 11 is 0. The van der Waals surface area contributed by atoms with Crippen LogP contribution in [0.2, 0.25) is 0 Å². The van der Waals surface area contributed by atoms with Crippen molar-refractivity contribution in [2.75, 3.05) is 6.61 Å². The van der Waals surface area contributed by atoms with Gasteiger partial charge in [0.15, 0.2) is 0 Å². The summed E-state index contributed by atoms with van der Waals surface area (Å²) in [5.74, 6) is -0.316. The Morgan fingerprint density at radius 1 is 1.61 bits per heavy atom. The zero-order chi connectivity index (χ0) is 13.1. The Morgan fingerprint density at radius 2 is 2.39 bits per heavy atom. The number of carbonyl (C=O) groups is 1. The van der Waals surface area contributed by atoms with Crippen molar-refractivity contribution in [1.82, 2.24) is 5.32 Å². The second-order valence-corrected chi connectivity index (χ2v) is 4.24. The second kappa shape index (κ2) is 5.32. The van der Waals surface area contributed by atoms with Crippen LogP contribution in [0.25, 0.3) is 0 Å².